The third-order valence-electron chi connectivity index (χ3n) is 5.55. The van der Waals surface area contributed by atoms with E-state index in [1.54, 1.807) is 47.4 Å². The number of hydrogen-bond donors (Lipinski definition) is 1. The second kappa shape index (κ2) is 8.06. The third kappa shape index (κ3) is 4.40. The van der Waals surface area contributed by atoms with E-state index in [-0.39, 0.29) is 16.9 Å². The molecule has 1 heterocycles. The molecule has 2 fully saturated rings. The van der Waals surface area contributed by atoms with Crippen LogP contribution < -0.4 is 14.4 Å². The molecule has 0 aromatic heterocycles. The Hall–Kier alpha value is -2.54. The number of benzene rings is 2. The fraction of sp³-hybridized carbons (Fsp3) is 0.409. The molecule has 1 saturated heterocycles. The van der Waals surface area contributed by atoms with E-state index in [1.807, 2.05) is 6.92 Å². The van der Waals surface area contributed by atoms with Crippen molar-refractivity contribution in [3.63, 3.8) is 0 Å². The van der Waals surface area contributed by atoms with E-state index in [9.17, 15) is 13.2 Å². The van der Waals surface area contributed by atoms with Gasteiger partial charge in [-0.3, -0.25) is 9.52 Å². The number of nitrogens with one attached hydrogen (secondary N) is 1. The SMILES string of the molecule is Cc1cc(S(=O)(=O)Nc2ccc(OC3CCCC3)cc2)ccc1N1CCCC1=O. The highest BCUT2D eigenvalue weighted by Crippen LogP contribution is 2.29. The molecule has 1 saturated carbocycles. The molecule has 0 unspecified atom stereocenters. The normalized spacial score (nSPS) is 17.7. The minimum atomic E-state index is -3.72. The van der Waals surface area contributed by atoms with Crippen LogP contribution in [0.25, 0.3) is 0 Å². The van der Waals surface area contributed by atoms with Crippen molar-refractivity contribution in [2.75, 3.05) is 16.2 Å². The van der Waals surface area contributed by atoms with E-state index in [1.165, 1.54) is 12.8 Å². The summed E-state index contributed by atoms with van der Waals surface area (Å²) < 4.78 is 34.1. The first-order chi connectivity index (χ1) is 13.9. The fourth-order valence-electron chi connectivity index (χ4n) is 4.02. The second-order valence-electron chi connectivity index (χ2n) is 7.75. The molecule has 1 N–H and O–H groups in total. The summed E-state index contributed by atoms with van der Waals surface area (Å²) in [5, 5.41) is 0. The third-order valence-corrected chi connectivity index (χ3v) is 6.93. The molecule has 4 rings (SSSR count). The smallest absolute Gasteiger partial charge is 0.261 e. The zero-order chi connectivity index (χ0) is 20.4. The first-order valence-corrected chi connectivity index (χ1v) is 11.6. The van der Waals surface area contributed by atoms with Crippen molar-refractivity contribution < 1.29 is 17.9 Å². The Morgan fingerprint density at radius 2 is 1.76 bits per heavy atom. The molecule has 29 heavy (non-hydrogen) atoms. The Morgan fingerprint density at radius 1 is 1.03 bits per heavy atom. The zero-order valence-corrected chi connectivity index (χ0v) is 17.4. The average molecular weight is 415 g/mol. The summed E-state index contributed by atoms with van der Waals surface area (Å²) >= 11 is 0. The molecule has 0 radical (unpaired) electrons. The van der Waals surface area contributed by atoms with Gasteiger partial charge in [-0.15, -0.1) is 0 Å². The number of hydrogen-bond acceptors (Lipinski definition) is 4. The number of rotatable bonds is 6. The molecular formula is C22H26N2O4S. The number of nitrogens with zero attached hydrogens (tertiary/aromatic N) is 1. The molecule has 6 nitrogen and oxygen atoms in total. The molecule has 0 atom stereocenters. The van der Waals surface area contributed by atoms with Gasteiger partial charge >= 0.3 is 0 Å². The van der Waals surface area contributed by atoms with Crippen molar-refractivity contribution in [2.24, 2.45) is 0 Å². The minimum Gasteiger partial charge on any atom is -0.490 e. The van der Waals surface area contributed by atoms with Crippen LogP contribution in [0.1, 0.15) is 44.1 Å². The van der Waals surface area contributed by atoms with E-state index in [4.69, 9.17) is 4.74 Å². The Morgan fingerprint density at radius 3 is 2.38 bits per heavy atom. The van der Waals surface area contributed by atoms with Gasteiger partial charge in [-0.1, -0.05) is 0 Å². The molecule has 2 aromatic rings. The van der Waals surface area contributed by atoms with Gasteiger partial charge in [0.25, 0.3) is 10.0 Å². The summed E-state index contributed by atoms with van der Waals surface area (Å²) in [5.74, 6) is 0.845. The first-order valence-electron chi connectivity index (χ1n) is 10.1. The molecule has 1 aliphatic heterocycles. The number of aryl methyl sites for hydroxylation is 1. The van der Waals surface area contributed by atoms with Crippen molar-refractivity contribution >= 4 is 27.3 Å². The summed E-state index contributed by atoms with van der Waals surface area (Å²) in [6, 6.07) is 11.9. The van der Waals surface area contributed by atoms with E-state index >= 15 is 0 Å². The molecule has 2 aliphatic rings. The minimum absolute atomic E-state index is 0.0849. The highest BCUT2D eigenvalue weighted by Gasteiger charge is 2.24. The van der Waals surface area contributed by atoms with E-state index in [0.717, 1.165) is 36.3 Å². The summed E-state index contributed by atoms with van der Waals surface area (Å²) in [7, 11) is -3.72. The average Bonchev–Trinajstić information content (AvgIpc) is 3.35. The van der Waals surface area contributed by atoms with Gasteiger partial charge in [0.1, 0.15) is 5.75 Å². The summed E-state index contributed by atoms with van der Waals surface area (Å²) in [4.78, 5) is 13.9. The lowest BCUT2D eigenvalue weighted by Crippen LogP contribution is -2.24. The molecule has 1 aliphatic carbocycles. The van der Waals surface area contributed by atoms with Gasteiger partial charge in [-0.05, 0) is 87.1 Å². The van der Waals surface area contributed by atoms with Crippen LogP contribution >= 0.6 is 0 Å². The number of sulfonamides is 1. The van der Waals surface area contributed by atoms with Gasteiger partial charge in [-0.25, -0.2) is 8.42 Å². The Bertz CT molecular complexity index is 996. The lowest BCUT2D eigenvalue weighted by molar-refractivity contribution is -0.117. The van der Waals surface area contributed by atoms with Gasteiger partial charge in [0.05, 0.1) is 11.0 Å². The van der Waals surface area contributed by atoms with Crippen LogP contribution in [0.2, 0.25) is 0 Å². The van der Waals surface area contributed by atoms with Crippen molar-refractivity contribution in [2.45, 2.75) is 56.4 Å². The lowest BCUT2D eigenvalue weighted by Gasteiger charge is -2.19. The fourth-order valence-corrected chi connectivity index (χ4v) is 5.16. The number of amides is 1. The van der Waals surface area contributed by atoms with E-state index in [2.05, 4.69) is 4.72 Å². The van der Waals surface area contributed by atoms with E-state index in [0.29, 0.717) is 18.7 Å². The maximum Gasteiger partial charge on any atom is 0.261 e. The molecule has 1 amide bonds. The number of ether oxygens (including phenoxy) is 1. The van der Waals surface area contributed by atoms with Crippen LogP contribution in [0.4, 0.5) is 11.4 Å². The first kappa shape index (κ1) is 19.8. The maximum atomic E-state index is 12.8. The van der Waals surface area contributed by atoms with Crippen molar-refractivity contribution in [3.05, 3.63) is 48.0 Å². The highest BCUT2D eigenvalue weighted by atomic mass is 32.2. The summed E-state index contributed by atoms with van der Waals surface area (Å²) in [6.07, 6.45) is 6.20. The molecular weight excluding hydrogens is 388 g/mol. The highest BCUT2D eigenvalue weighted by molar-refractivity contribution is 7.92. The standard InChI is InChI=1S/C22H26N2O4S/c1-16-15-20(12-13-21(16)24-14-4-7-22(24)25)29(26,27)23-17-8-10-19(11-9-17)28-18-5-2-3-6-18/h8-13,15,18,23H,2-7,14H2,1H3. The monoisotopic (exact) mass is 414 g/mol. The molecule has 0 spiro atoms. The predicted molar refractivity (Wildman–Crippen MR) is 113 cm³/mol. The van der Waals surface area contributed by atoms with Crippen LogP contribution in [0.3, 0.4) is 0 Å². The Labute approximate surface area is 171 Å². The van der Waals surface area contributed by atoms with Gasteiger partial charge in [-0.2, -0.15) is 0 Å². The Kier molecular flexibility index (Phi) is 5.50. The van der Waals surface area contributed by atoms with Crippen molar-refractivity contribution in [1.82, 2.24) is 0 Å². The largest absolute Gasteiger partial charge is 0.490 e. The summed E-state index contributed by atoms with van der Waals surface area (Å²) in [6.45, 7) is 2.51. The molecule has 154 valence electrons. The van der Waals surface area contributed by atoms with Gasteiger partial charge in [0, 0.05) is 24.3 Å². The van der Waals surface area contributed by atoms with Gasteiger partial charge < -0.3 is 9.64 Å². The van der Waals surface area contributed by atoms with Gasteiger partial charge in [0.15, 0.2) is 0 Å². The van der Waals surface area contributed by atoms with Crippen molar-refractivity contribution in [3.8, 4) is 5.75 Å². The van der Waals surface area contributed by atoms with Crippen LogP contribution in [0.15, 0.2) is 47.4 Å². The predicted octanol–water partition coefficient (Wildman–Crippen LogP) is 4.24. The van der Waals surface area contributed by atoms with Crippen LogP contribution in [-0.2, 0) is 14.8 Å². The lowest BCUT2D eigenvalue weighted by atomic mass is 10.2. The number of carbonyl (C=O) groups is 1. The van der Waals surface area contributed by atoms with Gasteiger partial charge in [0.2, 0.25) is 5.91 Å². The summed E-state index contributed by atoms with van der Waals surface area (Å²) in [5.41, 5.74) is 2.03. The van der Waals surface area contributed by atoms with Crippen LogP contribution in [-0.4, -0.2) is 27.0 Å². The van der Waals surface area contributed by atoms with E-state index < -0.39 is 10.0 Å². The van der Waals surface area contributed by atoms with Crippen LogP contribution in [0, 0.1) is 6.92 Å². The molecule has 7 heteroatoms. The number of carbonyl (C=O) groups excluding carboxylic acids is 1. The molecule has 2 aromatic carbocycles. The maximum absolute atomic E-state index is 12.8. The quantitative estimate of drug-likeness (QED) is 0.767. The zero-order valence-electron chi connectivity index (χ0n) is 16.6. The number of anilines is 2. The van der Waals surface area contributed by atoms with Crippen LogP contribution in [0.5, 0.6) is 5.75 Å². The van der Waals surface area contributed by atoms with Crippen molar-refractivity contribution in [1.29, 1.82) is 0 Å². The topological polar surface area (TPSA) is 75.7 Å². The molecule has 0 bridgehead atoms. The second-order valence-corrected chi connectivity index (χ2v) is 9.43. The Balaban J connectivity index is 1.46.